The Bertz CT molecular complexity index is 168. The third kappa shape index (κ3) is 8.35. The molecule has 5 heteroatoms. The van der Waals surface area contributed by atoms with Crippen molar-refractivity contribution < 1.29 is 15.0 Å². The number of nitrogens with one attached hydrogen (secondary N) is 1. The summed E-state index contributed by atoms with van der Waals surface area (Å²) in [5, 5.41) is 20.3. The van der Waals surface area contributed by atoms with Crippen molar-refractivity contribution in [1.29, 1.82) is 0 Å². The summed E-state index contributed by atoms with van der Waals surface area (Å²) < 4.78 is 0. The fraction of sp³-hybridized carbons (Fsp3) is 0.900. The van der Waals surface area contributed by atoms with E-state index in [0.29, 0.717) is 26.1 Å². The molecular weight excluding hydrogens is 196 g/mol. The third-order valence-corrected chi connectivity index (χ3v) is 1.94. The molecule has 0 rings (SSSR count). The highest BCUT2D eigenvalue weighted by molar-refractivity contribution is 5.76. The summed E-state index contributed by atoms with van der Waals surface area (Å²) in [4.78, 5) is 13.2. The largest absolute Gasteiger partial charge is 0.395 e. The lowest BCUT2D eigenvalue weighted by Crippen LogP contribution is -2.36. The molecule has 0 aromatic heterocycles. The molecule has 0 fully saturated rings. The molecule has 0 atom stereocenters. The second kappa shape index (κ2) is 8.64. The Labute approximate surface area is 91.1 Å². The van der Waals surface area contributed by atoms with E-state index in [-0.39, 0.29) is 25.2 Å². The van der Waals surface area contributed by atoms with Crippen molar-refractivity contribution in [2.75, 3.05) is 32.8 Å². The molecule has 0 aliphatic rings. The average molecular weight is 218 g/mol. The number of rotatable bonds is 8. The SMILES string of the molecule is CC(C)NC(=O)CCN(CCO)CCO. The van der Waals surface area contributed by atoms with Crippen LogP contribution in [-0.4, -0.2) is 59.9 Å². The smallest absolute Gasteiger partial charge is 0.221 e. The van der Waals surface area contributed by atoms with Gasteiger partial charge in [0, 0.05) is 32.1 Å². The lowest BCUT2D eigenvalue weighted by atomic mass is 10.3. The molecular formula is C10H22N2O3. The number of hydrogen-bond donors (Lipinski definition) is 3. The van der Waals surface area contributed by atoms with E-state index >= 15 is 0 Å². The molecule has 15 heavy (non-hydrogen) atoms. The number of hydrogen-bond acceptors (Lipinski definition) is 4. The molecule has 0 radical (unpaired) electrons. The standard InChI is InChI=1S/C10H22N2O3/c1-9(2)11-10(15)3-4-12(5-7-13)6-8-14/h9,13-14H,3-8H2,1-2H3,(H,11,15). The molecule has 0 aromatic rings. The van der Waals surface area contributed by atoms with Gasteiger partial charge < -0.3 is 15.5 Å². The van der Waals surface area contributed by atoms with Gasteiger partial charge in [-0.15, -0.1) is 0 Å². The van der Waals surface area contributed by atoms with Gasteiger partial charge in [-0.1, -0.05) is 0 Å². The minimum absolute atomic E-state index is 0.00544. The maximum absolute atomic E-state index is 11.3. The summed E-state index contributed by atoms with van der Waals surface area (Å²) in [6.07, 6.45) is 0.401. The van der Waals surface area contributed by atoms with Crippen LogP contribution in [0.4, 0.5) is 0 Å². The van der Waals surface area contributed by atoms with Gasteiger partial charge in [-0.3, -0.25) is 9.69 Å². The van der Waals surface area contributed by atoms with Gasteiger partial charge in [0.05, 0.1) is 13.2 Å². The van der Waals surface area contributed by atoms with Crippen molar-refractivity contribution in [1.82, 2.24) is 10.2 Å². The van der Waals surface area contributed by atoms with E-state index in [1.54, 1.807) is 0 Å². The maximum atomic E-state index is 11.3. The zero-order chi connectivity index (χ0) is 11.7. The van der Waals surface area contributed by atoms with Crippen LogP contribution in [0.2, 0.25) is 0 Å². The van der Waals surface area contributed by atoms with Crippen LogP contribution in [0, 0.1) is 0 Å². The van der Waals surface area contributed by atoms with E-state index in [1.807, 2.05) is 18.7 Å². The first-order chi connectivity index (χ1) is 7.10. The van der Waals surface area contributed by atoms with Gasteiger partial charge in [-0.25, -0.2) is 0 Å². The molecule has 90 valence electrons. The highest BCUT2D eigenvalue weighted by atomic mass is 16.3. The van der Waals surface area contributed by atoms with Gasteiger partial charge >= 0.3 is 0 Å². The first-order valence-electron chi connectivity index (χ1n) is 5.33. The molecule has 0 aliphatic carbocycles. The summed E-state index contributed by atoms with van der Waals surface area (Å²) in [6.45, 7) is 5.48. The Morgan fingerprint density at radius 3 is 2.13 bits per heavy atom. The van der Waals surface area contributed by atoms with Gasteiger partial charge in [-0.2, -0.15) is 0 Å². The zero-order valence-corrected chi connectivity index (χ0v) is 9.57. The van der Waals surface area contributed by atoms with Crippen LogP contribution in [-0.2, 0) is 4.79 Å². The quantitative estimate of drug-likeness (QED) is 0.498. The monoisotopic (exact) mass is 218 g/mol. The van der Waals surface area contributed by atoms with Crippen molar-refractivity contribution in [3.8, 4) is 0 Å². The number of carbonyl (C=O) groups excluding carboxylic acids is 1. The van der Waals surface area contributed by atoms with Gasteiger partial charge in [-0.05, 0) is 13.8 Å². The Morgan fingerprint density at radius 1 is 1.20 bits per heavy atom. The molecule has 0 saturated heterocycles. The lowest BCUT2D eigenvalue weighted by Gasteiger charge is -2.19. The van der Waals surface area contributed by atoms with E-state index in [0.717, 1.165) is 0 Å². The molecule has 0 heterocycles. The molecule has 0 aliphatic heterocycles. The summed E-state index contributed by atoms with van der Waals surface area (Å²) in [5.74, 6) is 0.00544. The molecule has 5 nitrogen and oxygen atoms in total. The normalized spacial score (nSPS) is 11.1. The van der Waals surface area contributed by atoms with E-state index in [4.69, 9.17) is 10.2 Å². The Hall–Kier alpha value is -0.650. The van der Waals surface area contributed by atoms with Crippen molar-refractivity contribution in [2.24, 2.45) is 0 Å². The number of nitrogens with zero attached hydrogens (tertiary/aromatic N) is 1. The van der Waals surface area contributed by atoms with Crippen LogP contribution in [0.3, 0.4) is 0 Å². The van der Waals surface area contributed by atoms with E-state index < -0.39 is 0 Å². The predicted octanol–water partition coefficient (Wildman–Crippen LogP) is -0.812. The van der Waals surface area contributed by atoms with Crippen LogP contribution >= 0.6 is 0 Å². The number of aliphatic hydroxyl groups is 2. The number of aliphatic hydroxyl groups excluding tert-OH is 2. The molecule has 0 bridgehead atoms. The lowest BCUT2D eigenvalue weighted by molar-refractivity contribution is -0.122. The Kier molecular flexibility index (Phi) is 8.27. The van der Waals surface area contributed by atoms with Crippen LogP contribution < -0.4 is 5.32 Å². The predicted molar refractivity (Wildman–Crippen MR) is 58.5 cm³/mol. The van der Waals surface area contributed by atoms with E-state index in [2.05, 4.69) is 5.32 Å². The fourth-order valence-electron chi connectivity index (χ4n) is 1.27. The summed E-state index contributed by atoms with van der Waals surface area (Å²) in [5.41, 5.74) is 0. The van der Waals surface area contributed by atoms with E-state index in [1.165, 1.54) is 0 Å². The molecule has 1 amide bonds. The van der Waals surface area contributed by atoms with Gasteiger partial charge in [0.15, 0.2) is 0 Å². The zero-order valence-electron chi connectivity index (χ0n) is 9.57. The van der Waals surface area contributed by atoms with Crippen molar-refractivity contribution in [3.05, 3.63) is 0 Å². The molecule has 0 aromatic carbocycles. The van der Waals surface area contributed by atoms with Crippen LogP contribution in [0.25, 0.3) is 0 Å². The minimum atomic E-state index is 0.00544. The van der Waals surface area contributed by atoms with E-state index in [9.17, 15) is 4.79 Å². The molecule has 0 spiro atoms. The van der Waals surface area contributed by atoms with Crippen molar-refractivity contribution in [2.45, 2.75) is 26.3 Å². The Balaban J connectivity index is 3.72. The second-order valence-corrected chi connectivity index (χ2v) is 3.76. The van der Waals surface area contributed by atoms with Gasteiger partial charge in [0.1, 0.15) is 0 Å². The first kappa shape index (κ1) is 14.3. The van der Waals surface area contributed by atoms with Gasteiger partial charge in [0.25, 0.3) is 0 Å². The van der Waals surface area contributed by atoms with Gasteiger partial charge in [0.2, 0.25) is 5.91 Å². The summed E-state index contributed by atoms with van der Waals surface area (Å²) >= 11 is 0. The number of carbonyl (C=O) groups is 1. The molecule has 0 saturated carbocycles. The highest BCUT2D eigenvalue weighted by Crippen LogP contribution is 1.92. The van der Waals surface area contributed by atoms with Crippen LogP contribution in [0.15, 0.2) is 0 Å². The fourth-order valence-corrected chi connectivity index (χ4v) is 1.27. The summed E-state index contributed by atoms with van der Waals surface area (Å²) in [7, 11) is 0. The Morgan fingerprint density at radius 2 is 1.73 bits per heavy atom. The molecule has 3 N–H and O–H groups in total. The number of amides is 1. The third-order valence-electron chi connectivity index (χ3n) is 1.94. The maximum Gasteiger partial charge on any atom is 0.221 e. The van der Waals surface area contributed by atoms with Crippen LogP contribution in [0.1, 0.15) is 20.3 Å². The topological polar surface area (TPSA) is 72.8 Å². The van der Waals surface area contributed by atoms with Crippen molar-refractivity contribution in [3.63, 3.8) is 0 Å². The summed E-state index contributed by atoms with van der Waals surface area (Å²) in [6, 6.07) is 0.154. The first-order valence-corrected chi connectivity index (χ1v) is 5.33. The van der Waals surface area contributed by atoms with Crippen LogP contribution in [0.5, 0.6) is 0 Å². The average Bonchev–Trinajstić information content (AvgIpc) is 2.14. The molecule has 0 unspecified atom stereocenters. The van der Waals surface area contributed by atoms with Crippen molar-refractivity contribution >= 4 is 5.91 Å². The second-order valence-electron chi connectivity index (χ2n) is 3.76. The highest BCUT2D eigenvalue weighted by Gasteiger charge is 2.07. The minimum Gasteiger partial charge on any atom is -0.395 e.